The maximum absolute atomic E-state index is 12.5. The van der Waals surface area contributed by atoms with Crippen molar-refractivity contribution in [2.75, 3.05) is 25.0 Å². The minimum absolute atomic E-state index is 0.123. The summed E-state index contributed by atoms with van der Waals surface area (Å²) in [5.41, 5.74) is 1.21. The number of nitrogens with zero attached hydrogens (tertiary/aromatic N) is 2. The first kappa shape index (κ1) is 15.3. The van der Waals surface area contributed by atoms with Gasteiger partial charge in [-0.2, -0.15) is 0 Å². The molecule has 1 aliphatic heterocycles. The number of nitrogens with one attached hydrogen (secondary N) is 1. The number of carbonyl (C=O) groups is 1. The van der Waals surface area contributed by atoms with Crippen molar-refractivity contribution in [1.29, 1.82) is 0 Å². The van der Waals surface area contributed by atoms with Crippen LogP contribution in [0.4, 0.5) is 5.82 Å². The van der Waals surface area contributed by atoms with Gasteiger partial charge in [0, 0.05) is 25.8 Å². The van der Waals surface area contributed by atoms with Gasteiger partial charge in [-0.3, -0.25) is 4.79 Å². The molecule has 2 heterocycles. The Morgan fingerprint density at radius 2 is 2.09 bits per heavy atom. The molecule has 0 bridgehead atoms. The van der Waals surface area contributed by atoms with Crippen molar-refractivity contribution in [1.82, 2.24) is 9.88 Å². The highest BCUT2D eigenvalue weighted by molar-refractivity contribution is 5.94. The third-order valence-electron chi connectivity index (χ3n) is 5.43. The highest BCUT2D eigenvalue weighted by atomic mass is 16.2. The molecule has 1 saturated carbocycles. The Balaban J connectivity index is 1.55. The molecular formula is C18H27N3O. The first-order valence-electron chi connectivity index (χ1n) is 8.61. The van der Waals surface area contributed by atoms with Crippen LogP contribution in [0.2, 0.25) is 0 Å². The molecule has 0 atom stereocenters. The second-order valence-electron chi connectivity index (χ2n) is 7.11. The van der Waals surface area contributed by atoms with Gasteiger partial charge in [0.25, 0.3) is 5.91 Å². The van der Waals surface area contributed by atoms with Crippen LogP contribution in [0.15, 0.2) is 18.3 Å². The standard InChI is InChI=1S/C18H27N3O/c1-3-18(8-9-18)13-20-16-5-4-15(12-19-16)17(22)21-10-6-14(2)7-11-21/h4-5,12,14H,3,6-11,13H2,1-2H3,(H,19,20). The number of anilines is 1. The van der Waals surface area contributed by atoms with E-state index in [1.54, 1.807) is 6.20 Å². The average Bonchev–Trinajstić information content (AvgIpc) is 3.34. The van der Waals surface area contributed by atoms with E-state index in [1.165, 1.54) is 19.3 Å². The molecule has 1 aromatic rings. The van der Waals surface area contributed by atoms with Crippen LogP contribution in [0.1, 0.15) is 56.3 Å². The van der Waals surface area contributed by atoms with Crippen LogP contribution in [0, 0.1) is 11.3 Å². The van der Waals surface area contributed by atoms with E-state index < -0.39 is 0 Å². The summed E-state index contributed by atoms with van der Waals surface area (Å²) >= 11 is 0. The molecule has 3 rings (SSSR count). The summed E-state index contributed by atoms with van der Waals surface area (Å²) in [5, 5.41) is 3.41. The van der Waals surface area contributed by atoms with Crippen LogP contribution < -0.4 is 5.32 Å². The van der Waals surface area contributed by atoms with Gasteiger partial charge in [-0.05, 0) is 55.6 Å². The number of hydrogen-bond donors (Lipinski definition) is 1. The van der Waals surface area contributed by atoms with Crippen molar-refractivity contribution < 1.29 is 4.79 Å². The smallest absolute Gasteiger partial charge is 0.255 e. The SMILES string of the molecule is CCC1(CNc2ccc(C(=O)N3CCC(C)CC3)cn2)CC1. The van der Waals surface area contributed by atoms with E-state index in [2.05, 4.69) is 24.1 Å². The summed E-state index contributed by atoms with van der Waals surface area (Å²) < 4.78 is 0. The van der Waals surface area contributed by atoms with E-state index in [4.69, 9.17) is 0 Å². The van der Waals surface area contributed by atoms with Crippen molar-refractivity contribution in [2.24, 2.45) is 11.3 Å². The predicted molar refractivity (Wildman–Crippen MR) is 89.0 cm³/mol. The van der Waals surface area contributed by atoms with Gasteiger partial charge in [0.05, 0.1) is 5.56 Å². The number of carbonyl (C=O) groups excluding carboxylic acids is 1. The third kappa shape index (κ3) is 3.42. The van der Waals surface area contributed by atoms with Crippen LogP contribution in [0.25, 0.3) is 0 Å². The van der Waals surface area contributed by atoms with E-state index in [9.17, 15) is 4.79 Å². The molecule has 22 heavy (non-hydrogen) atoms. The lowest BCUT2D eigenvalue weighted by molar-refractivity contribution is 0.0697. The number of rotatable bonds is 5. The fourth-order valence-corrected chi connectivity index (χ4v) is 3.13. The molecule has 0 radical (unpaired) electrons. The van der Waals surface area contributed by atoms with Crippen molar-refractivity contribution >= 4 is 11.7 Å². The second kappa shape index (κ2) is 6.27. The monoisotopic (exact) mass is 301 g/mol. The van der Waals surface area contributed by atoms with E-state index in [1.807, 2.05) is 17.0 Å². The zero-order chi connectivity index (χ0) is 15.6. The number of aromatic nitrogens is 1. The maximum Gasteiger partial charge on any atom is 0.255 e. The largest absolute Gasteiger partial charge is 0.370 e. The summed E-state index contributed by atoms with van der Waals surface area (Å²) in [7, 11) is 0. The van der Waals surface area contributed by atoms with E-state index in [0.717, 1.165) is 44.2 Å². The number of hydrogen-bond acceptors (Lipinski definition) is 3. The molecule has 2 aliphatic rings. The van der Waals surface area contributed by atoms with Crippen LogP contribution >= 0.6 is 0 Å². The number of piperidine rings is 1. The molecule has 1 aliphatic carbocycles. The van der Waals surface area contributed by atoms with Crippen molar-refractivity contribution in [3.05, 3.63) is 23.9 Å². The minimum Gasteiger partial charge on any atom is -0.370 e. The molecule has 1 aromatic heterocycles. The molecule has 4 nitrogen and oxygen atoms in total. The molecule has 120 valence electrons. The zero-order valence-corrected chi connectivity index (χ0v) is 13.8. The first-order valence-corrected chi connectivity index (χ1v) is 8.61. The lowest BCUT2D eigenvalue weighted by Crippen LogP contribution is -2.37. The van der Waals surface area contributed by atoms with E-state index >= 15 is 0 Å². The van der Waals surface area contributed by atoms with Gasteiger partial charge in [0.1, 0.15) is 5.82 Å². The highest BCUT2D eigenvalue weighted by Gasteiger charge is 2.40. The average molecular weight is 301 g/mol. The zero-order valence-electron chi connectivity index (χ0n) is 13.8. The van der Waals surface area contributed by atoms with Gasteiger partial charge in [0.2, 0.25) is 0 Å². The van der Waals surface area contributed by atoms with Crippen LogP contribution in [-0.4, -0.2) is 35.4 Å². The van der Waals surface area contributed by atoms with Gasteiger partial charge in [0.15, 0.2) is 0 Å². The summed E-state index contributed by atoms with van der Waals surface area (Å²) in [4.78, 5) is 18.8. The van der Waals surface area contributed by atoms with Gasteiger partial charge >= 0.3 is 0 Å². The molecule has 1 N–H and O–H groups in total. The van der Waals surface area contributed by atoms with Crippen molar-refractivity contribution in [3.8, 4) is 0 Å². The lowest BCUT2D eigenvalue weighted by atomic mass is 9.99. The van der Waals surface area contributed by atoms with E-state index in [-0.39, 0.29) is 5.91 Å². The summed E-state index contributed by atoms with van der Waals surface area (Å²) in [6.07, 6.45) is 7.80. The number of amides is 1. The van der Waals surface area contributed by atoms with Crippen molar-refractivity contribution in [3.63, 3.8) is 0 Å². The first-order chi connectivity index (χ1) is 10.6. The molecule has 4 heteroatoms. The normalized spacial score (nSPS) is 20.7. The lowest BCUT2D eigenvalue weighted by Gasteiger charge is -2.30. The molecule has 0 spiro atoms. The summed E-state index contributed by atoms with van der Waals surface area (Å²) in [5.74, 6) is 1.74. The Bertz CT molecular complexity index is 514. The number of pyridine rings is 1. The van der Waals surface area contributed by atoms with Crippen molar-refractivity contribution in [2.45, 2.75) is 46.0 Å². The Kier molecular flexibility index (Phi) is 4.37. The minimum atomic E-state index is 0.123. The molecule has 1 saturated heterocycles. The third-order valence-corrected chi connectivity index (χ3v) is 5.43. The van der Waals surface area contributed by atoms with E-state index in [0.29, 0.717) is 11.0 Å². The molecular weight excluding hydrogens is 274 g/mol. The predicted octanol–water partition coefficient (Wildman–Crippen LogP) is 3.56. The fourth-order valence-electron chi connectivity index (χ4n) is 3.13. The Morgan fingerprint density at radius 3 is 2.64 bits per heavy atom. The van der Waals surface area contributed by atoms with Gasteiger partial charge in [-0.15, -0.1) is 0 Å². The van der Waals surface area contributed by atoms with Crippen LogP contribution in [0.3, 0.4) is 0 Å². The van der Waals surface area contributed by atoms with Gasteiger partial charge in [-0.1, -0.05) is 13.8 Å². The topological polar surface area (TPSA) is 45.2 Å². The summed E-state index contributed by atoms with van der Waals surface area (Å²) in [6.45, 7) is 7.25. The summed E-state index contributed by atoms with van der Waals surface area (Å²) in [6, 6.07) is 3.84. The highest BCUT2D eigenvalue weighted by Crippen LogP contribution is 2.48. The number of likely N-dealkylation sites (tertiary alicyclic amines) is 1. The maximum atomic E-state index is 12.5. The van der Waals surface area contributed by atoms with Gasteiger partial charge in [-0.25, -0.2) is 4.98 Å². The molecule has 0 aromatic carbocycles. The Labute approximate surface area is 133 Å². The Morgan fingerprint density at radius 1 is 1.36 bits per heavy atom. The molecule has 0 unspecified atom stereocenters. The Hall–Kier alpha value is -1.58. The quantitative estimate of drug-likeness (QED) is 0.904. The fraction of sp³-hybridized carbons (Fsp3) is 0.667. The van der Waals surface area contributed by atoms with Crippen LogP contribution in [-0.2, 0) is 0 Å². The molecule has 2 fully saturated rings. The van der Waals surface area contributed by atoms with Crippen LogP contribution in [0.5, 0.6) is 0 Å². The molecule has 1 amide bonds. The second-order valence-corrected chi connectivity index (χ2v) is 7.11. The van der Waals surface area contributed by atoms with Gasteiger partial charge < -0.3 is 10.2 Å².